The summed E-state index contributed by atoms with van der Waals surface area (Å²) in [5.74, 6) is 1.68. The number of ether oxygens (including phenoxy) is 1. The van der Waals surface area contributed by atoms with Crippen LogP contribution in [-0.4, -0.2) is 62.0 Å². The lowest BCUT2D eigenvalue weighted by atomic mass is 10.00. The van der Waals surface area contributed by atoms with Crippen LogP contribution in [0.3, 0.4) is 0 Å². The van der Waals surface area contributed by atoms with Crippen molar-refractivity contribution in [3.63, 3.8) is 0 Å². The number of benzene rings is 2. The zero-order valence-corrected chi connectivity index (χ0v) is 16.5. The van der Waals surface area contributed by atoms with Crippen LogP contribution >= 0.6 is 0 Å². The summed E-state index contributed by atoms with van der Waals surface area (Å²) in [4.78, 5) is 9.29. The summed E-state index contributed by atoms with van der Waals surface area (Å²) in [6, 6.07) is 11.5. The minimum absolute atomic E-state index is 0.475. The van der Waals surface area contributed by atoms with Gasteiger partial charge in [-0.25, -0.2) is 0 Å². The number of likely N-dealkylation sites (tertiary alicyclic amines) is 1. The molecule has 2 heterocycles. The highest BCUT2D eigenvalue weighted by Crippen LogP contribution is 2.33. The zero-order valence-electron chi connectivity index (χ0n) is 16.5. The van der Waals surface area contributed by atoms with Crippen LogP contribution in [0.5, 0.6) is 5.75 Å². The van der Waals surface area contributed by atoms with Crippen molar-refractivity contribution >= 4 is 5.84 Å². The molecular weight excluding hydrogens is 379 g/mol. The molecule has 0 aliphatic carbocycles. The largest absolute Gasteiger partial charge is 0.491 e. The van der Waals surface area contributed by atoms with E-state index in [2.05, 4.69) is 23.9 Å². The first-order chi connectivity index (χ1) is 13.8. The molecule has 154 valence electrons. The quantitative estimate of drug-likeness (QED) is 0.754. The van der Waals surface area contributed by atoms with Crippen LogP contribution in [-0.2, 0) is 6.18 Å². The number of alkyl halides is 3. The molecule has 7 heteroatoms. The number of halogens is 3. The fourth-order valence-corrected chi connectivity index (χ4v) is 3.88. The molecule has 2 aliphatic rings. The van der Waals surface area contributed by atoms with Crippen LogP contribution < -0.4 is 4.74 Å². The first-order valence-corrected chi connectivity index (χ1v) is 9.73. The maximum absolute atomic E-state index is 12.9. The van der Waals surface area contributed by atoms with E-state index in [1.165, 1.54) is 12.1 Å². The van der Waals surface area contributed by atoms with E-state index in [4.69, 9.17) is 9.73 Å². The van der Waals surface area contributed by atoms with Gasteiger partial charge in [0.15, 0.2) is 0 Å². The predicted octanol–water partition coefficient (Wildman–Crippen LogP) is 4.15. The molecule has 0 saturated carbocycles. The summed E-state index contributed by atoms with van der Waals surface area (Å²) in [7, 11) is 4.17. The fraction of sp³-hybridized carbons (Fsp3) is 0.409. The molecule has 29 heavy (non-hydrogen) atoms. The second-order valence-corrected chi connectivity index (χ2v) is 7.69. The van der Waals surface area contributed by atoms with E-state index < -0.39 is 11.7 Å². The molecule has 2 aromatic rings. The molecule has 0 amide bonds. The van der Waals surface area contributed by atoms with E-state index in [0.717, 1.165) is 59.9 Å². The van der Waals surface area contributed by atoms with Gasteiger partial charge in [-0.1, -0.05) is 18.2 Å². The molecule has 0 bridgehead atoms. The van der Waals surface area contributed by atoms with Crippen molar-refractivity contribution in [2.75, 3.05) is 40.3 Å². The first-order valence-electron chi connectivity index (χ1n) is 9.73. The van der Waals surface area contributed by atoms with Gasteiger partial charge in [-0.3, -0.25) is 4.99 Å². The van der Waals surface area contributed by atoms with Gasteiger partial charge >= 0.3 is 6.18 Å². The number of rotatable bonds is 2. The summed E-state index contributed by atoms with van der Waals surface area (Å²) in [6.07, 6.45) is -3.26. The van der Waals surface area contributed by atoms with Crippen molar-refractivity contribution in [2.45, 2.75) is 18.6 Å². The Labute approximate surface area is 168 Å². The van der Waals surface area contributed by atoms with Crippen LogP contribution in [0.2, 0.25) is 0 Å². The maximum Gasteiger partial charge on any atom is 0.416 e. The lowest BCUT2D eigenvalue weighted by molar-refractivity contribution is -0.137. The minimum Gasteiger partial charge on any atom is -0.491 e. The lowest BCUT2D eigenvalue weighted by Crippen LogP contribution is -2.35. The summed E-state index contributed by atoms with van der Waals surface area (Å²) in [5.41, 5.74) is 1.84. The summed E-state index contributed by atoms with van der Waals surface area (Å²) < 4.78 is 44.5. The normalized spacial score (nSPS) is 19.6. The topological polar surface area (TPSA) is 28.1 Å². The van der Waals surface area contributed by atoms with E-state index in [9.17, 15) is 13.2 Å². The fourth-order valence-electron chi connectivity index (χ4n) is 3.88. The van der Waals surface area contributed by atoms with Crippen LogP contribution in [0.4, 0.5) is 13.2 Å². The molecule has 0 spiro atoms. The molecule has 2 aliphatic heterocycles. The molecule has 0 radical (unpaired) electrons. The number of hydrogen-bond donors (Lipinski definition) is 0. The number of aliphatic imine (C=N–C) groups is 1. The summed E-state index contributed by atoms with van der Waals surface area (Å²) in [6.45, 7) is 2.92. The van der Waals surface area contributed by atoms with Crippen LogP contribution in [0.1, 0.15) is 17.5 Å². The third-order valence-electron chi connectivity index (χ3n) is 5.57. The third-order valence-corrected chi connectivity index (χ3v) is 5.57. The average molecular weight is 403 g/mol. The molecule has 0 N–H and O–H groups in total. The Morgan fingerprint density at radius 3 is 2.45 bits per heavy atom. The molecule has 1 atom stereocenters. The van der Waals surface area contributed by atoms with Gasteiger partial charge in [0.25, 0.3) is 0 Å². The number of likely N-dealkylation sites (N-methyl/N-ethyl adjacent to an activating group) is 1. The Hall–Kier alpha value is -2.54. The van der Waals surface area contributed by atoms with E-state index in [0.29, 0.717) is 19.2 Å². The number of amidine groups is 1. The molecular formula is C22H24F3N3O. The second-order valence-electron chi connectivity index (χ2n) is 7.69. The molecule has 4 rings (SSSR count). The SMILES string of the molecule is CN(C)[C@H]1CCN(C2=NCCOc3ccc(-c4ccc(C(F)(F)F)cc4)cc32)C1. The van der Waals surface area contributed by atoms with Crippen LogP contribution in [0.25, 0.3) is 11.1 Å². The van der Waals surface area contributed by atoms with Gasteiger partial charge in [0.2, 0.25) is 0 Å². The van der Waals surface area contributed by atoms with Gasteiger partial charge in [-0.05, 0) is 55.9 Å². The third kappa shape index (κ3) is 4.10. The lowest BCUT2D eigenvalue weighted by Gasteiger charge is -2.24. The van der Waals surface area contributed by atoms with E-state index in [1.807, 2.05) is 18.2 Å². The Kier molecular flexibility index (Phi) is 5.25. The molecule has 1 fully saturated rings. The monoisotopic (exact) mass is 403 g/mol. The smallest absolute Gasteiger partial charge is 0.416 e. The van der Waals surface area contributed by atoms with Crippen molar-refractivity contribution < 1.29 is 17.9 Å². The van der Waals surface area contributed by atoms with Crippen LogP contribution in [0, 0.1) is 0 Å². The van der Waals surface area contributed by atoms with E-state index in [-0.39, 0.29) is 0 Å². The number of fused-ring (bicyclic) bond motifs is 1. The predicted molar refractivity (Wildman–Crippen MR) is 107 cm³/mol. The van der Waals surface area contributed by atoms with Crippen molar-refractivity contribution in [1.82, 2.24) is 9.80 Å². The van der Waals surface area contributed by atoms with E-state index in [1.54, 1.807) is 0 Å². The first kappa shape index (κ1) is 19.8. The second kappa shape index (κ2) is 7.71. The van der Waals surface area contributed by atoms with E-state index >= 15 is 0 Å². The molecule has 0 unspecified atom stereocenters. The van der Waals surface area contributed by atoms with Crippen molar-refractivity contribution in [1.29, 1.82) is 0 Å². The standard InChI is InChI=1S/C22H24F3N3O/c1-27(2)18-9-11-28(14-18)21-19-13-16(5-8-20(19)29-12-10-26-21)15-3-6-17(7-4-15)22(23,24)25/h3-8,13,18H,9-12,14H2,1-2H3/t18-/m0/s1. The Bertz CT molecular complexity index is 907. The molecule has 0 aromatic heterocycles. The summed E-state index contributed by atoms with van der Waals surface area (Å²) in [5, 5.41) is 0. The summed E-state index contributed by atoms with van der Waals surface area (Å²) >= 11 is 0. The van der Waals surface area contributed by atoms with Crippen molar-refractivity contribution in [3.8, 4) is 16.9 Å². The van der Waals surface area contributed by atoms with Crippen molar-refractivity contribution in [3.05, 3.63) is 53.6 Å². The van der Waals surface area contributed by atoms with Gasteiger partial charge in [-0.2, -0.15) is 13.2 Å². The molecule has 1 saturated heterocycles. The molecule has 2 aromatic carbocycles. The average Bonchev–Trinajstić information content (AvgIpc) is 3.09. The highest BCUT2D eigenvalue weighted by atomic mass is 19.4. The minimum atomic E-state index is -4.33. The van der Waals surface area contributed by atoms with Gasteiger partial charge < -0.3 is 14.5 Å². The van der Waals surface area contributed by atoms with Gasteiger partial charge in [0.05, 0.1) is 17.7 Å². The molecule has 4 nitrogen and oxygen atoms in total. The van der Waals surface area contributed by atoms with Crippen molar-refractivity contribution in [2.24, 2.45) is 4.99 Å². The van der Waals surface area contributed by atoms with Crippen LogP contribution in [0.15, 0.2) is 47.5 Å². The number of hydrogen-bond acceptors (Lipinski definition) is 4. The maximum atomic E-state index is 12.9. The van der Waals surface area contributed by atoms with Gasteiger partial charge in [-0.15, -0.1) is 0 Å². The highest BCUT2D eigenvalue weighted by molar-refractivity contribution is 6.02. The Morgan fingerprint density at radius 1 is 1.07 bits per heavy atom. The zero-order chi connectivity index (χ0) is 20.6. The Morgan fingerprint density at radius 2 is 1.79 bits per heavy atom. The Balaban J connectivity index is 1.67. The number of nitrogens with zero attached hydrogens (tertiary/aromatic N) is 3. The van der Waals surface area contributed by atoms with Gasteiger partial charge in [0, 0.05) is 19.1 Å². The van der Waals surface area contributed by atoms with Gasteiger partial charge in [0.1, 0.15) is 18.2 Å². The highest BCUT2D eigenvalue weighted by Gasteiger charge is 2.31.